The number of fused-ring (bicyclic) bond motifs is 5. The van der Waals surface area contributed by atoms with Crippen LogP contribution < -0.4 is 0 Å². The van der Waals surface area contributed by atoms with Gasteiger partial charge < -0.3 is 9.84 Å². The Morgan fingerprint density at radius 1 is 1.00 bits per heavy atom. The lowest BCUT2D eigenvalue weighted by Crippen LogP contribution is -2.54. The minimum absolute atomic E-state index is 0.0338. The van der Waals surface area contributed by atoms with Gasteiger partial charge in [-0.05, 0) is 131 Å². The van der Waals surface area contributed by atoms with Crippen molar-refractivity contribution in [2.45, 2.75) is 124 Å². The summed E-state index contributed by atoms with van der Waals surface area (Å²) in [6.45, 7) is 13.5. The quantitative estimate of drug-likeness (QED) is 0.499. The Morgan fingerprint density at radius 3 is 2.39 bits per heavy atom. The summed E-state index contributed by atoms with van der Waals surface area (Å²) in [5.74, 6) is 4.67. The number of rotatable bonds is 4. The highest BCUT2D eigenvalue weighted by molar-refractivity contribution is 5.69. The van der Waals surface area contributed by atoms with E-state index in [2.05, 4.69) is 20.8 Å². The summed E-state index contributed by atoms with van der Waals surface area (Å²) in [6.07, 6.45) is 13.0. The Bertz CT molecular complexity index is 666. The van der Waals surface area contributed by atoms with Crippen LogP contribution in [0, 0.1) is 46.3 Å². The van der Waals surface area contributed by atoms with Gasteiger partial charge in [0.15, 0.2) is 0 Å². The van der Waals surface area contributed by atoms with Gasteiger partial charge in [-0.25, -0.2) is 0 Å². The van der Waals surface area contributed by atoms with Crippen molar-refractivity contribution in [1.82, 2.24) is 0 Å². The van der Waals surface area contributed by atoms with E-state index in [9.17, 15) is 9.90 Å². The highest BCUT2D eigenvalue weighted by atomic mass is 16.6. The third-order valence-electron chi connectivity index (χ3n) is 10.6. The van der Waals surface area contributed by atoms with Crippen LogP contribution in [0.2, 0.25) is 0 Å². The number of carbonyl (C=O) groups excluding carboxylic acids is 1. The number of carbonyl (C=O) groups is 1. The first-order valence-corrected chi connectivity index (χ1v) is 13.3. The van der Waals surface area contributed by atoms with Crippen molar-refractivity contribution in [3.8, 4) is 0 Å². The fraction of sp³-hybridized carbons (Fsp3) is 0.964. The fourth-order valence-electron chi connectivity index (χ4n) is 9.15. The van der Waals surface area contributed by atoms with Crippen molar-refractivity contribution >= 4 is 5.97 Å². The van der Waals surface area contributed by atoms with E-state index in [4.69, 9.17) is 4.74 Å². The number of esters is 1. The Kier molecular flexibility index (Phi) is 6.34. The summed E-state index contributed by atoms with van der Waals surface area (Å²) in [6, 6.07) is 0. The molecule has 0 saturated heterocycles. The zero-order valence-corrected chi connectivity index (χ0v) is 21.1. The average Bonchev–Trinajstić information content (AvgIpc) is 3.02. The van der Waals surface area contributed by atoms with Gasteiger partial charge in [-0.2, -0.15) is 0 Å². The summed E-state index contributed by atoms with van der Waals surface area (Å²) in [5, 5.41) is 10.3. The fourth-order valence-corrected chi connectivity index (χ4v) is 9.15. The van der Waals surface area contributed by atoms with Crippen LogP contribution in [-0.4, -0.2) is 22.8 Å². The molecule has 178 valence electrons. The summed E-state index contributed by atoms with van der Waals surface area (Å²) >= 11 is 0. The van der Waals surface area contributed by atoms with Crippen molar-refractivity contribution in [2.75, 3.05) is 0 Å². The molecule has 0 aromatic heterocycles. The maximum absolute atomic E-state index is 12.3. The molecule has 4 aliphatic rings. The van der Waals surface area contributed by atoms with E-state index in [0.29, 0.717) is 23.2 Å². The van der Waals surface area contributed by atoms with Crippen LogP contribution in [0.3, 0.4) is 0 Å². The van der Waals surface area contributed by atoms with Crippen LogP contribution in [-0.2, 0) is 9.53 Å². The molecule has 31 heavy (non-hydrogen) atoms. The largest absolute Gasteiger partial charge is 0.460 e. The lowest BCUT2D eigenvalue weighted by atomic mass is 9.44. The van der Waals surface area contributed by atoms with E-state index in [1.807, 2.05) is 20.8 Å². The summed E-state index contributed by atoms with van der Waals surface area (Å²) in [5.41, 5.74) is 0.531. The Morgan fingerprint density at radius 2 is 1.68 bits per heavy atom. The van der Waals surface area contributed by atoms with Gasteiger partial charge in [0, 0.05) is 6.42 Å². The predicted octanol–water partition coefficient (Wildman–Crippen LogP) is 6.76. The molecule has 0 aromatic rings. The van der Waals surface area contributed by atoms with Crippen molar-refractivity contribution in [2.24, 2.45) is 46.3 Å². The highest BCUT2D eigenvalue weighted by Gasteiger charge is 2.60. The topological polar surface area (TPSA) is 46.5 Å². The van der Waals surface area contributed by atoms with Crippen molar-refractivity contribution in [3.05, 3.63) is 0 Å². The molecule has 9 atom stereocenters. The van der Waals surface area contributed by atoms with Gasteiger partial charge in [-0.15, -0.1) is 0 Å². The lowest BCUT2D eigenvalue weighted by molar-refractivity contribution is -0.155. The molecule has 3 heteroatoms. The van der Waals surface area contributed by atoms with Crippen molar-refractivity contribution in [1.29, 1.82) is 0 Å². The van der Waals surface area contributed by atoms with Gasteiger partial charge in [0.1, 0.15) is 5.60 Å². The van der Waals surface area contributed by atoms with E-state index in [0.717, 1.165) is 48.9 Å². The van der Waals surface area contributed by atoms with Crippen LogP contribution in [0.5, 0.6) is 0 Å². The number of hydrogen-bond acceptors (Lipinski definition) is 3. The molecule has 4 rings (SSSR count). The monoisotopic (exact) mass is 432 g/mol. The number of aliphatic hydroxyl groups excluding tert-OH is 1. The molecule has 0 spiro atoms. The number of ether oxygens (including phenoxy) is 1. The molecule has 1 N–H and O–H groups in total. The van der Waals surface area contributed by atoms with Gasteiger partial charge in [-0.1, -0.05) is 20.8 Å². The van der Waals surface area contributed by atoms with Gasteiger partial charge in [0.2, 0.25) is 0 Å². The van der Waals surface area contributed by atoms with Gasteiger partial charge >= 0.3 is 5.97 Å². The second-order valence-corrected chi connectivity index (χ2v) is 13.4. The molecule has 0 heterocycles. The third-order valence-corrected chi connectivity index (χ3v) is 10.6. The van der Waals surface area contributed by atoms with Crippen LogP contribution in [0.25, 0.3) is 0 Å². The van der Waals surface area contributed by atoms with Crippen LogP contribution in [0.4, 0.5) is 0 Å². The molecular formula is C28H48O3. The van der Waals surface area contributed by atoms with E-state index in [1.54, 1.807) is 0 Å². The predicted molar refractivity (Wildman–Crippen MR) is 125 cm³/mol. The molecule has 0 radical (unpaired) electrons. The molecule has 4 fully saturated rings. The zero-order valence-electron chi connectivity index (χ0n) is 21.1. The summed E-state index contributed by atoms with van der Waals surface area (Å²) in [4.78, 5) is 12.3. The first-order chi connectivity index (χ1) is 14.4. The second kappa shape index (κ2) is 8.33. The molecule has 0 aliphatic heterocycles. The molecule has 4 aliphatic carbocycles. The lowest BCUT2D eigenvalue weighted by Gasteiger charge is -2.61. The van der Waals surface area contributed by atoms with Crippen LogP contribution >= 0.6 is 0 Å². The van der Waals surface area contributed by atoms with Gasteiger partial charge in [0.25, 0.3) is 0 Å². The normalized spacial score (nSPS) is 45.9. The summed E-state index contributed by atoms with van der Waals surface area (Å²) in [7, 11) is 0. The van der Waals surface area contributed by atoms with E-state index in [-0.39, 0.29) is 17.7 Å². The Hall–Kier alpha value is -0.570. The number of aliphatic hydroxyl groups is 1. The van der Waals surface area contributed by atoms with Crippen molar-refractivity contribution < 1.29 is 14.6 Å². The first-order valence-electron chi connectivity index (χ1n) is 13.3. The third kappa shape index (κ3) is 4.34. The molecule has 7 unspecified atom stereocenters. The molecule has 0 bridgehead atoms. The minimum atomic E-state index is -0.382. The molecule has 0 amide bonds. The van der Waals surface area contributed by atoms with Crippen LogP contribution in [0.15, 0.2) is 0 Å². The number of hydrogen-bond donors (Lipinski definition) is 1. The highest BCUT2D eigenvalue weighted by Crippen LogP contribution is 2.68. The zero-order chi connectivity index (χ0) is 22.6. The maximum Gasteiger partial charge on any atom is 0.306 e. The SMILES string of the molecule is C[C@H](CCC(=O)OC(C)(C)C)C1CCC2C3CCC4CC(O)CCC4(C)[C@H]3CCC21C. The molecule has 0 aromatic carbocycles. The standard InChI is InChI=1S/C28H48O3/c1-18(7-12-25(30)31-26(2,3)4)22-10-11-23-21-9-8-19-17-20(29)13-15-27(19,5)24(21)14-16-28(22,23)6/h18-24,29H,7-17H2,1-6H3/t18-,19?,20?,21?,22?,23?,24+,27?,28?/m1/s1. The van der Waals surface area contributed by atoms with E-state index >= 15 is 0 Å². The molecular weight excluding hydrogens is 384 g/mol. The second-order valence-electron chi connectivity index (χ2n) is 13.4. The summed E-state index contributed by atoms with van der Waals surface area (Å²) < 4.78 is 5.57. The maximum atomic E-state index is 12.3. The van der Waals surface area contributed by atoms with E-state index in [1.165, 1.54) is 44.9 Å². The average molecular weight is 433 g/mol. The minimum Gasteiger partial charge on any atom is -0.460 e. The van der Waals surface area contributed by atoms with E-state index < -0.39 is 0 Å². The van der Waals surface area contributed by atoms with Gasteiger partial charge in [-0.3, -0.25) is 4.79 Å². The van der Waals surface area contributed by atoms with Crippen LogP contribution in [0.1, 0.15) is 112 Å². The molecule has 3 nitrogen and oxygen atoms in total. The van der Waals surface area contributed by atoms with Crippen molar-refractivity contribution in [3.63, 3.8) is 0 Å². The molecule has 4 saturated carbocycles. The Balaban J connectivity index is 1.42. The first kappa shape index (κ1) is 23.6. The smallest absolute Gasteiger partial charge is 0.306 e. The Labute approximate surface area is 191 Å². The van der Waals surface area contributed by atoms with Gasteiger partial charge in [0.05, 0.1) is 6.10 Å².